The van der Waals surface area contributed by atoms with Gasteiger partial charge in [-0.3, -0.25) is 4.79 Å². The lowest BCUT2D eigenvalue weighted by Gasteiger charge is -2.51. The SMILES string of the molecule is CCCC1(CCC)CN(c2ncccc2C=O)C1. The quantitative estimate of drug-likeness (QED) is 0.722. The minimum atomic E-state index is 0.459. The summed E-state index contributed by atoms with van der Waals surface area (Å²) in [6.45, 7) is 6.59. The summed E-state index contributed by atoms with van der Waals surface area (Å²) in [7, 11) is 0. The highest BCUT2D eigenvalue weighted by molar-refractivity contribution is 5.83. The number of hydrogen-bond acceptors (Lipinski definition) is 3. The van der Waals surface area contributed by atoms with Crippen LogP contribution in [0.4, 0.5) is 5.82 Å². The molecule has 18 heavy (non-hydrogen) atoms. The molecule has 1 aromatic heterocycles. The van der Waals surface area contributed by atoms with Gasteiger partial charge < -0.3 is 4.90 Å². The van der Waals surface area contributed by atoms with Gasteiger partial charge in [0.15, 0.2) is 6.29 Å². The van der Waals surface area contributed by atoms with E-state index in [1.807, 2.05) is 12.1 Å². The minimum absolute atomic E-state index is 0.459. The Hall–Kier alpha value is -1.38. The van der Waals surface area contributed by atoms with Crippen LogP contribution < -0.4 is 4.90 Å². The van der Waals surface area contributed by atoms with Crippen molar-refractivity contribution in [1.82, 2.24) is 4.98 Å². The molecule has 0 atom stereocenters. The summed E-state index contributed by atoms with van der Waals surface area (Å²) in [5.74, 6) is 0.857. The molecule has 1 aromatic rings. The van der Waals surface area contributed by atoms with Crippen molar-refractivity contribution in [3.63, 3.8) is 0 Å². The molecule has 0 saturated carbocycles. The summed E-state index contributed by atoms with van der Waals surface area (Å²) in [5, 5.41) is 0. The number of carbonyl (C=O) groups is 1. The summed E-state index contributed by atoms with van der Waals surface area (Å²) in [5.41, 5.74) is 1.17. The van der Waals surface area contributed by atoms with Crippen LogP contribution in [0, 0.1) is 5.41 Å². The van der Waals surface area contributed by atoms with Crippen molar-refractivity contribution in [2.45, 2.75) is 39.5 Å². The first-order chi connectivity index (χ1) is 8.74. The Morgan fingerprint density at radius 1 is 1.33 bits per heavy atom. The summed E-state index contributed by atoms with van der Waals surface area (Å²) >= 11 is 0. The number of aldehydes is 1. The number of rotatable bonds is 6. The van der Waals surface area contributed by atoms with Gasteiger partial charge in [-0.1, -0.05) is 26.7 Å². The summed E-state index contributed by atoms with van der Waals surface area (Å²) in [6.07, 6.45) is 7.69. The van der Waals surface area contributed by atoms with Crippen molar-refractivity contribution >= 4 is 12.1 Å². The van der Waals surface area contributed by atoms with Gasteiger partial charge in [0.2, 0.25) is 0 Å². The smallest absolute Gasteiger partial charge is 0.153 e. The fourth-order valence-electron chi connectivity index (χ4n) is 3.18. The van der Waals surface area contributed by atoms with Crippen molar-refractivity contribution < 1.29 is 4.79 Å². The molecule has 1 aliphatic heterocycles. The standard InChI is InChI=1S/C15H22N2O/c1-3-7-15(8-4-2)11-17(12-15)14-13(10-18)6-5-9-16-14/h5-6,9-10H,3-4,7-8,11-12H2,1-2H3. The molecule has 2 heterocycles. The molecule has 0 bridgehead atoms. The number of hydrogen-bond donors (Lipinski definition) is 0. The van der Waals surface area contributed by atoms with Crippen LogP contribution in [0.2, 0.25) is 0 Å². The third kappa shape index (κ3) is 2.40. The minimum Gasteiger partial charge on any atom is -0.355 e. The lowest BCUT2D eigenvalue weighted by molar-refractivity contribution is 0.112. The molecule has 3 nitrogen and oxygen atoms in total. The van der Waals surface area contributed by atoms with Gasteiger partial charge in [0.25, 0.3) is 0 Å². The van der Waals surface area contributed by atoms with E-state index in [9.17, 15) is 4.79 Å². The predicted octanol–water partition coefficient (Wildman–Crippen LogP) is 3.30. The lowest BCUT2D eigenvalue weighted by atomic mass is 9.72. The fourth-order valence-corrected chi connectivity index (χ4v) is 3.18. The van der Waals surface area contributed by atoms with E-state index in [0.717, 1.165) is 25.2 Å². The van der Waals surface area contributed by atoms with Crippen LogP contribution in [0.25, 0.3) is 0 Å². The molecule has 0 aromatic carbocycles. The average molecular weight is 246 g/mol. The van der Waals surface area contributed by atoms with E-state index in [1.54, 1.807) is 6.20 Å². The Morgan fingerprint density at radius 3 is 2.56 bits per heavy atom. The Labute approximate surface area is 109 Å². The largest absolute Gasteiger partial charge is 0.355 e. The Balaban J connectivity index is 2.08. The zero-order valence-electron chi connectivity index (χ0n) is 11.4. The van der Waals surface area contributed by atoms with Crippen molar-refractivity contribution in [2.75, 3.05) is 18.0 Å². The summed E-state index contributed by atoms with van der Waals surface area (Å²) in [4.78, 5) is 17.6. The van der Waals surface area contributed by atoms with Gasteiger partial charge in [-0.2, -0.15) is 0 Å². The van der Waals surface area contributed by atoms with Crippen LogP contribution in [-0.4, -0.2) is 24.4 Å². The molecular formula is C15H22N2O. The average Bonchev–Trinajstić information content (AvgIpc) is 2.35. The van der Waals surface area contributed by atoms with Gasteiger partial charge >= 0.3 is 0 Å². The Morgan fingerprint density at radius 2 is 2.00 bits per heavy atom. The number of anilines is 1. The molecule has 98 valence electrons. The molecule has 0 aliphatic carbocycles. The first-order valence-electron chi connectivity index (χ1n) is 6.90. The van der Waals surface area contributed by atoms with Crippen molar-refractivity contribution in [3.05, 3.63) is 23.9 Å². The first kappa shape index (κ1) is 13.1. The van der Waals surface area contributed by atoms with E-state index < -0.39 is 0 Å². The van der Waals surface area contributed by atoms with E-state index in [2.05, 4.69) is 23.7 Å². The van der Waals surface area contributed by atoms with Crippen molar-refractivity contribution in [2.24, 2.45) is 5.41 Å². The van der Waals surface area contributed by atoms with Crippen LogP contribution in [0.5, 0.6) is 0 Å². The fraction of sp³-hybridized carbons (Fsp3) is 0.600. The maximum atomic E-state index is 11.0. The number of aromatic nitrogens is 1. The second kappa shape index (κ2) is 5.51. The van der Waals surface area contributed by atoms with Crippen LogP contribution in [-0.2, 0) is 0 Å². The van der Waals surface area contributed by atoms with E-state index in [1.165, 1.54) is 25.7 Å². The molecule has 3 heteroatoms. The van der Waals surface area contributed by atoms with E-state index >= 15 is 0 Å². The van der Waals surface area contributed by atoms with Gasteiger partial charge in [-0.25, -0.2) is 4.98 Å². The van der Waals surface area contributed by atoms with Gasteiger partial charge in [-0.05, 0) is 25.0 Å². The highest BCUT2D eigenvalue weighted by Gasteiger charge is 2.42. The summed E-state index contributed by atoms with van der Waals surface area (Å²) < 4.78 is 0. The second-order valence-electron chi connectivity index (χ2n) is 5.39. The number of nitrogens with zero attached hydrogens (tertiary/aromatic N) is 2. The molecule has 0 amide bonds. The van der Waals surface area contributed by atoms with Crippen molar-refractivity contribution in [3.8, 4) is 0 Å². The van der Waals surface area contributed by atoms with Gasteiger partial charge in [0, 0.05) is 24.7 Å². The normalized spacial score (nSPS) is 17.3. The van der Waals surface area contributed by atoms with Crippen molar-refractivity contribution in [1.29, 1.82) is 0 Å². The van der Waals surface area contributed by atoms with Crippen LogP contribution in [0.1, 0.15) is 49.9 Å². The number of carbonyl (C=O) groups excluding carboxylic acids is 1. The molecule has 0 spiro atoms. The van der Waals surface area contributed by atoms with Crippen LogP contribution >= 0.6 is 0 Å². The Bertz CT molecular complexity index is 403. The Kier molecular flexibility index (Phi) is 4.00. The predicted molar refractivity (Wildman–Crippen MR) is 74.1 cm³/mol. The molecule has 2 rings (SSSR count). The van der Waals surface area contributed by atoms with E-state index in [4.69, 9.17) is 0 Å². The molecular weight excluding hydrogens is 224 g/mol. The van der Waals surface area contributed by atoms with Gasteiger partial charge in [0.05, 0.1) is 5.56 Å². The third-order valence-electron chi connectivity index (χ3n) is 3.86. The molecule has 0 radical (unpaired) electrons. The lowest BCUT2D eigenvalue weighted by Crippen LogP contribution is -2.57. The van der Waals surface area contributed by atoms with Crippen LogP contribution in [0.15, 0.2) is 18.3 Å². The molecule has 1 aliphatic rings. The van der Waals surface area contributed by atoms with Crippen LogP contribution in [0.3, 0.4) is 0 Å². The first-order valence-corrected chi connectivity index (χ1v) is 6.90. The van der Waals surface area contributed by atoms with E-state index in [-0.39, 0.29) is 0 Å². The zero-order chi connectivity index (χ0) is 13.0. The second-order valence-corrected chi connectivity index (χ2v) is 5.39. The highest BCUT2D eigenvalue weighted by Crippen LogP contribution is 2.41. The maximum absolute atomic E-state index is 11.0. The monoisotopic (exact) mass is 246 g/mol. The van der Waals surface area contributed by atoms with Gasteiger partial charge in [-0.15, -0.1) is 0 Å². The molecule has 0 N–H and O–H groups in total. The van der Waals surface area contributed by atoms with E-state index in [0.29, 0.717) is 11.0 Å². The maximum Gasteiger partial charge on any atom is 0.153 e. The number of pyridine rings is 1. The van der Waals surface area contributed by atoms with Gasteiger partial charge in [0.1, 0.15) is 5.82 Å². The summed E-state index contributed by atoms with van der Waals surface area (Å²) in [6, 6.07) is 3.66. The molecule has 1 saturated heterocycles. The third-order valence-corrected chi connectivity index (χ3v) is 3.86. The zero-order valence-corrected chi connectivity index (χ0v) is 11.4. The topological polar surface area (TPSA) is 33.2 Å². The molecule has 1 fully saturated rings. The highest BCUT2D eigenvalue weighted by atomic mass is 16.1. The molecule has 0 unspecified atom stereocenters.